The van der Waals surface area contributed by atoms with Crippen LogP contribution in [0, 0.1) is 5.92 Å². The van der Waals surface area contributed by atoms with E-state index in [1.807, 2.05) is 11.9 Å². The topological polar surface area (TPSA) is 84.0 Å². The number of anilines is 1. The van der Waals surface area contributed by atoms with E-state index in [-0.39, 0.29) is 5.84 Å². The van der Waals surface area contributed by atoms with Gasteiger partial charge in [-0.1, -0.05) is 5.16 Å². The van der Waals surface area contributed by atoms with Gasteiger partial charge in [-0.15, -0.1) is 0 Å². The molecule has 0 aliphatic heterocycles. The van der Waals surface area contributed by atoms with E-state index >= 15 is 0 Å². The SMILES string of the molecule is CN(CCOCC1CC1)c1cnccc1/C(N)=N/O. The van der Waals surface area contributed by atoms with Gasteiger partial charge in [-0.2, -0.15) is 0 Å². The van der Waals surface area contributed by atoms with E-state index in [0.29, 0.717) is 12.2 Å². The number of pyridine rings is 1. The number of nitrogens with two attached hydrogens (primary N) is 1. The van der Waals surface area contributed by atoms with Crippen LogP contribution in [0.5, 0.6) is 0 Å². The predicted molar refractivity (Wildman–Crippen MR) is 73.6 cm³/mol. The van der Waals surface area contributed by atoms with Crippen molar-refractivity contribution in [3.05, 3.63) is 24.0 Å². The first-order valence-electron chi connectivity index (χ1n) is 6.43. The highest BCUT2D eigenvalue weighted by molar-refractivity contribution is 6.01. The third kappa shape index (κ3) is 3.82. The van der Waals surface area contributed by atoms with Gasteiger partial charge in [0.2, 0.25) is 0 Å². The Kier molecular flexibility index (Phi) is 4.57. The lowest BCUT2D eigenvalue weighted by atomic mass is 10.2. The molecule has 2 rings (SSSR count). The minimum absolute atomic E-state index is 0.0862. The van der Waals surface area contributed by atoms with Crippen molar-refractivity contribution >= 4 is 11.5 Å². The molecule has 0 amide bonds. The molecule has 0 aromatic carbocycles. The molecule has 1 aromatic heterocycles. The summed E-state index contributed by atoms with van der Waals surface area (Å²) in [6, 6.07) is 1.73. The van der Waals surface area contributed by atoms with Crippen LogP contribution in [0.1, 0.15) is 18.4 Å². The van der Waals surface area contributed by atoms with E-state index in [2.05, 4.69) is 10.1 Å². The largest absolute Gasteiger partial charge is 0.409 e. The molecule has 0 bridgehead atoms. The molecule has 1 fully saturated rings. The van der Waals surface area contributed by atoms with Crippen LogP contribution in [0.3, 0.4) is 0 Å². The summed E-state index contributed by atoms with van der Waals surface area (Å²) in [6.45, 7) is 2.26. The second kappa shape index (κ2) is 6.38. The van der Waals surface area contributed by atoms with E-state index in [0.717, 1.165) is 24.8 Å². The van der Waals surface area contributed by atoms with E-state index in [9.17, 15) is 0 Å². The standard InChI is InChI=1S/C13H20N4O2/c1-17(6-7-19-9-10-2-3-10)12-8-15-5-4-11(12)13(14)16-18/h4-5,8,10,18H,2-3,6-7,9H2,1H3,(H2,14,16). The highest BCUT2D eigenvalue weighted by atomic mass is 16.5. The molecule has 0 atom stereocenters. The van der Waals surface area contributed by atoms with E-state index in [1.54, 1.807) is 18.5 Å². The summed E-state index contributed by atoms with van der Waals surface area (Å²) < 4.78 is 5.60. The van der Waals surface area contributed by atoms with Gasteiger partial charge in [0.15, 0.2) is 5.84 Å². The zero-order valence-electron chi connectivity index (χ0n) is 11.1. The van der Waals surface area contributed by atoms with Crippen molar-refractivity contribution in [2.75, 3.05) is 31.7 Å². The van der Waals surface area contributed by atoms with Crippen LogP contribution in [-0.4, -0.2) is 42.8 Å². The molecule has 19 heavy (non-hydrogen) atoms. The Balaban J connectivity index is 1.91. The summed E-state index contributed by atoms with van der Waals surface area (Å²) in [5, 5.41) is 11.8. The molecule has 6 heteroatoms. The van der Waals surface area contributed by atoms with Gasteiger partial charge in [-0.05, 0) is 24.8 Å². The molecular formula is C13H20N4O2. The Morgan fingerprint density at radius 3 is 3.11 bits per heavy atom. The Hall–Kier alpha value is -1.82. The molecule has 0 spiro atoms. The second-order valence-electron chi connectivity index (χ2n) is 4.82. The van der Waals surface area contributed by atoms with Crippen LogP contribution >= 0.6 is 0 Å². The summed E-state index contributed by atoms with van der Waals surface area (Å²) in [7, 11) is 1.94. The maximum Gasteiger partial charge on any atom is 0.172 e. The third-order valence-corrected chi connectivity index (χ3v) is 3.22. The lowest BCUT2D eigenvalue weighted by Gasteiger charge is -2.21. The van der Waals surface area contributed by atoms with Crippen LogP contribution in [0.25, 0.3) is 0 Å². The molecule has 0 saturated heterocycles. The number of nitrogens with zero attached hydrogens (tertiary/aromatic N) is 3. The van der Waals surface area contributed by atoms with Crippen molar-refractivity contribution in [2.45, 2.75) is 12.8 Å². The Morgan fingerprint density at radius 1 is 1.63 bits per heavy atom. The average molecular weight is 264 g/mol. The lowest BCUT2D eigenvalue weighted by Crippen LogP contribution is -2.26. The fourth-order valence-electron chi connectivity index (χ4n) is 1.82. The first kappa shape index (κ1) is 13.6. The van der Waals surface area contributed by atoms with Gasteiger partial charge >= 0.3 is 0 Å². The van der Waals surface area contributed by atoms with Crippen LogP contribution in [0.2, 0.25) is 0 Å². The first-order chi connectivity index (χ1) is 9.22. The smallest absolute Gasteiger partial charge is 0.172 e. The van der Waals surface area contributed by atoms with Gasteiger partial charge in [0, 0.05) is 32.0 Å². The van der Waals surface area contributed by atoms with Gasteiger partial charge in [-0.25, -0.2) is 0 Å². The van der Waals surface area contributed by atoms with Crippen molar-refractivity contribution in [3.63, 3.8) is 0 Å². The van der Waals surface area contributed by atoms with Gasteiger partial charge < -0.3 is 20.6 Å². The number of ether oxygens (including phenoxy) is 1. The van der Waals surface area contributed by atoms with Gasteiger partial charge in [0.1, 0.15) is 0 Å². The van der Waals surface area contributed by atoms with Crippen molar-refractivity contribution in [3.8, 4) is 0 Å². The number of amidine groups is 1. The average Bonchev–Trinajstić information content (AvgIpc) is 3.26. The van der Waals surface area contributed by atoms with Crippen LogP contribution < -0.4 is 10.6 Å². The van der Waals surface area contributed by atoms with Gasteiger partial charge in [0.05, 0.1) is 18.5 Å². The molecular weight excluding hydrogens is 244 g/mol. The van der Waals surface area contributed by atoms with Crippen LogP contribution in [0.4, 0.5) is 5.69 Å². The molecule has 1 saturated carbocycles. The van der Waals surface area contributed by atoms with Crippen molar-refractivity contribution in [2.24, 2.45) is 16.8 Å². The Morgan fingerprint density at radius 2 is 2.42 bits per heavy atom. The van der Waals surface area contributed by atoms with Gasteiger partial charge in [-0.3, -0.25) is 4.98 Å². The minimum Gasteiger partial charge on any atom is -0.409 e. The highest BCUT2D eigenvalue weighted by Crippen LogP contribution is 2.28. The summed E-state index contributed by atoms with van der Waals surface area (Å²) >= 11 is 0. The quantitative estimate of drug-likeness (QED) is 0.253. The molecule has 0 unspecified atom stereocenters. The van der Waals surface area contributed by atoms with Crippen LogP contribution in [-0.2, 0) is 4.74 Å². The molecule has 1 aliphatic rings. The second-order valence-corrected chi connectivity index (χ2v) is 4.82. The lowest BCUT2D eigenvalue weighted by molar-refractivity contribution is 0.131. The molecule has 1 aliphatic carbocycles. The predicted octanol–water partition coefficient (Wildman–Crippen LogP) is 1.04. The maximum absolute atomic E-state index is 8.78. The number of rotatable bonds is 7. The first-order valence-corrected chi connectivity index (χ1v) is 6.43. The molecule has 104 valence electrons. The fourth-order valence-corrected chi connectivity index (χ4v) is 1.82. The Bertz CT molecular complexity index is 446. The third-order valence-electron chi connectivity index (χ3n) is 3.22. The summed E-state index contributed by atoms with van der Waals surface area (Å²) in [5.74, 6) is 0.861. The molecule has 1 aromatic rings. The summed E-state index contributed by atoms with van der Waals surface area (Å²) in [5.41, 5.74) is 7.15. The minimum atomic E-state index is 0.0862. The number of hydrogen-bond donors (Lipinski definition) is 2. The maximum atomic E-state index is 8.78. The molecule has 0 radical (unpaired) electrons. The zero-order valence-corrected chi connectivity index (χ0v) is 11.1. The van der Waals surface area contributed by atoms with Gasteiger partial charge in [0.25, 0.3) is 0 Å². The fraction of sp³-hybridized carbons (Fsp3) is 0.538. The highest BCUT2D eigenvalue weighted by Gasteiger charge is 2.21. The van der Waals surface area contributed by atoms with E-state index < -0.39 is 0 Å². The van der Waals surface area contributed by atoms with Crippen molar-refractivity contribution < 1.29 is 9.94 Å². The normalized spacial score (nSPS) is 15.5. The summed E-state index contributed by atoms with van der Waals surface area (Å²) in [6.07, 6.45) is 5.92. The summed E-state index contributed by atoms with van der Waals surface area (Å²) in [4.78, 5) is 6.07. The number of aromatic nitrogens is 1. The number of hydrogen-bond acceptors (Lipinski definition) is 5. The number of likely N-dealkylation sites (N-methyl/N-ethyl adjacent to an activating group) is 1. The zero-order chi connectivity index (χ0) is 13.7. The van der Waals surface area contributed by atoms with Crippen molar-refractivity contribution in [1.29, 1.82) is 0 Å². The molecule has 6 nitrogen and oxygen atoms in total. The van der Waals surface area contributed by atoms with Crippen molar-refractivity contribution in [1.82, 2.24) is 4.98 Å². The number of oxime groups is 1. The Labute approximate surface area is 112 Å². The van der Waals surface area contributed by atoms with E-state index in [1.165, 1.54) is 12.8 Å². The molecule has 3 N–H and O–H groups in total. The molecule has 1 heterocycles. The van der Waals surface area contributed by atoms with E-state index in [4.69, 9.17) is 15.7 Å². The monoisotopic (exact) mass is 264 g/mol. The van der Waals surface area contributed by atoms with Crippen LogP contribution in [0.15, 0.2) is 23.6 Å².